The molecule has 1 aromatic heterocycles. The molecule has 14 nitrogen and oxygen atoms in total. The summed E-state index contributed by atoms with van der Waals surface area (Å²) in [6, 6.07) is 6.18. The van der Waals surface area contributed by atoms with Gasteiger partial charge in [0.2, 0.25) is 10.0 Å². The van der Waals surface area contributed by atoms with Crippen LogP contribution < -0.4 is 9.94 Å². The zero-order chi connectivity index (χ0) is 25.2. The number of fused-ring (bicyclic) bond motifs is 1. The molecular formula is C18H15N5O9S2. The highest BCUT2D eigenvalue weighted by atomic mass is 32.2. The first kappa shape index (κ1) is 24.6. The highest BCUT2D eigenvalue weighted by Gasteiger charge is 2.21. The average Bonchev–Trinajstić information content (AvgIpc) is 3.08. The molecule has 0 saturated carbocycles. The summed E-state index contributed by atoms with van der Waals surface area (Å²) >= 11 is 0.838. The van der Waals surface area contributed by atoms with Crippen LogP contribution in [0.2, 0.25) is 0 Å². The van der Waals surface area contributed by atoms with E-state index >= 15 is 0 Å². The Morgan fingerprint density at radius 2 is 1.74 bits per heavy atom. The highest BCUT2D eigenvalue weighted by molar-refractivity contribution is 7.89. The van der Waals surface area contributed by atoms with Crippen molar-refractivity contribution in [2.45, 2.75) is 18.4 Å². The number of carbonyl (C=O) groups is 2. The van der Waals surface area contributed by atoms with Gasteiger partial charge in [0.05, 0.1) is 43.2 Å². The van der Waals surface area contributed by atoms with Crippen LogP contribution >= 0.6 is 11.3 Å². The number of primary sulfonamides is 1. The first-order valence-corrected chi connectivity index (χ1v) is 11.6. The van der Waals surface area contributed by atoms with Gasteiger partial charge in [-0.2, -0.15) is 4.99 Å². The van der Waals surface area contributed by atoms with Crippen LogP contribution in [0, 0.1) is 20.2 Å². The summed E-state index contributed by atoms with van der Waals surface area (Å²) in [7, 11) is -4.04. The number of hydrogen-bond acceptors (Lipinski definition) is 10. The molecule has 2 aromatic carbocycles. The maximum absolute atomic E-state index is 12.8. The number of rotatable bonds is 7. The number of nitrogens with two attached hydrogens (primary N) is 1. The van der Waals surface area contributed by atoms with Crippen LogP contribution in [-0.2, 0) is 26.1 Å². The van der Waals surface area contributed by atoms with Crippen LogP contribution in [0.5, 0.6) is 0 Å². The monoisotopic (exact) mass is 509 g/mol. The highest BCUT2D eigenvalue weighted by Crippen LogP contribution is 2.24. The molecule has 0 aliphatic carbocycles. The maximum Gasteiger partial charge on any atom is 0.326 e. The molecule has 0 aliphatic heterocycles. The lowest BCUT2D eigenvalue weighted by atomic mass is 10.1. The van der Waals surface area contributed by atoms with Crippen molar-refractivity contribution < 1.29 is 32.6 Å². The van der Waals surface area contributed by atoms with Gasteiger partial charge in [0.1, 0.15) is 6.54 Å². The lowest BCUT2D eigenvalue weighted by molar-refractivity contribution is -0.394. The van der Waals surface area contributed by atoms with Gasteiger partial charge in [0.15, 0.2) is 4.80 Å². The first-order valence-electron chi connectivity index (χ1n) is 9.25. The first-order chi connectivity index (χ1) is 15.9. The van der Waals surface area contributed by atoms with Crippen LogP contribution in [0.3, 0.4) is 0 Å². The van der Waals surface area contributed by atoms with Crippen LogP contribution in [-0.4, -0.2) is 41.3 Å². The Bertz CT molecular complexity index is 1490. The van der Waals surface area contributed by atoms with Crippen molar-refractivity contribution in [2.75, 3.05) is 6.61 Å². The fourth-order valence-corrected chi connectivity index (χ4v) is 4.57. The number of non-ortho nitro benzene ring substituents is 2. The van der Waals surface area contributed by atoms with Crippen LogP contribution in [0.25, 0.3) is 10.2 Å². The summed E-state index contributed by atoms with van der Waals surface area (Å²) in [5, 5.41) is 27.4. The van der Waals surface area contributed by atoms with Gasteiger partial charge in [-0.1, -0.05) is 11.3 Å². The van der Waals surface area contributed by atoms with Gasteiger partial charge < -0.3 is 9.30 Å². The quantitative estimate of drug-likeness (QED) is 0.277. The van der Waals surface area contributed by atoms with E-state index in [0.717, 1.165) is 23.5 Å². The second-order valence-electron chi connectivity index (χ2n) is 6.62. The molecule has 0 saturated heterocycles. The minimum absolute atomic E-state index is 0.0752. The van der Waals surface area contributed by atoms with Crippen LogP contribution in [0.15, 0.2) is 46.3 Å². The third-order valence-electron chi connectivity index (χ3n) is 4.34. The third kappa shape index (κ3) is 5.30. The van der Waals surface area contributed by atoms with Gasteiger partial charge in [-0.3, -0.25) is 29.8 Å². The van der Waals surface area contributed by atoms with E-state index in [1.165, 1.54) is 22.8 Å². The number of esters is 1. The Morgan fingerprint density at radius 3 is 2.26 bits per heavy atom. The summed E-state index contributed by atoms with van der Waals surface area (Å²) < 4.78 is 29.9. The predicted molar refractivity (Wildman–Crippen MR) is 117 cm³/mol. The number of hydrogen-bond donors (Lipinski definition) is 1. The maximum atomic E-state index is 12.8. The van der Waals surface area contributed by atoms with Gasteiger partial charge in [0, 0.05) is 12.1 Å². The van der Waals surface area contributed by atoms with Crippen molar-refractivity contribution in [2.24, 2.45) is 10.1 Å². The fraction of sp³-hybridized carbons (Fsp3) is 0.167. The predicted octanol–water partition coefficient (Wildman–Crippen LogP) is 1.47. The van der Waals surface area contributed by atoms with Gasteiger partial charge >= 0.3 is 5.97 Å². The molecule has 0 aliphatic rings. The molecule has 34 heavy (non-hydrogen) atoms. The van der Waals surface area contributed by atoms with Crippen molar-refractivity contribution in [1.29, 1.82) is 0 Å². The summed E-state index contributed by atoms with van der Waals surface area (Å²) in [5.74, 6) is -1.72. The van der Waals surface area contributed by atoms with Crippen LogP contribution in [0.1, 0.15) is 17.3 Å². The van der Waals surface area contributed by atoms with Crippen LogP contribution in [0.4, 0.5) is 11.4 Å². The number of aromatic nitrogens is 1. The van der Waals surface area contributed by atoms with E-state index in [2.05, 4.69) is 4.99 Å². The Kier molecular flexibility index (Phi) is 6.85. The van der Waals surface area contributed by atoms with Crippen molar-refractivity contribution in [3.8, 4) is 0 Å². The second-order valence-corrected chi connectivity index (χ2v) is 9.19. The van der Waals surface area contributed by atoms with E-state index in [4.69, 9.17) is 9.88 Å². The Labute approximate surface area is 194 Å². The number of nitro benzene ring substituents is 2. The molecule has 0 fully saturated rings. The summed E-state index contributed by atoms with van der Waals surface area (Å²) in [4.78, 5) is 48.9. The molecule has 3 aromatic rings. The molecule has 178 valence electrons. The summed E-state index contributed by atoms with van der Waals surface area (Å²) in [6.07, 6.45) is 0. The molecule has 3 rings (SSSR count). The Hall–Kier alpha value is -4.02. The minimum atomic E-state index is -4.04. The number of amides is 1. The molecular weight excluding hydrogens is 494 g/mol. The topological polar surface area (TPSA) is 207 Å². The standard InChI is InChI=1S/C18H15N5O9S2/c1-2-32-16(24)9-21-14-4-3-13(34(19,30)31)8-15(14)33-18(21)20-17(25)10-5-11(22(26)27)7-12(6-10)23(28)29/h3-8H,2,9H2,1H3,(H2,19,30,31). The molecule has 16 heteroatoms. The number of nitrogens with zero attached hydrogens (tertiary/aromatic N) is 4. The lowest BCUT2D eigenvalue weighted by Crippen LogP contribution is -2.23. The van der Waals surface area contributed by atoms with Crippen molar-refractivity contribution in [3.63, 3.8) is 0 Å². The van der Waals surface area contributed by atoms with E-state index in [-0.39, 0.29) is 22.8 Å². The molecule has 0 atom stereocenters. The third-order valence-corrected chi connectivity index (χ3v) is 6.30. The Morgan fingerprint density at radius 1 is 1.12 bits per heavy atom. The average molecular weight is 509 g/mol. The van der Waals surface area contributed by atoms with Crippen molar-refractivity contribution in [3.05, 3.63) is 67.0 Å². The van der Waals surface area contributed by atoms with E-state index in [1.807, 2.05) is 0 Å². The molecule has 2 N–H and O–H groups in total. The molecule has 0 bridgehead atoms. The van der Waals surface area contributed by atoms with E-state index < -0.39 is 48.7 Å². The van der Waals surface area contributed by atoms with Gasteiger partial charge in [-0.25, -0.2) is 13.6 Å². The van der Waals surface area contributed by atoms with Gasteiger partial charge in [0.25, 0.3) is 17.3 Å². The smallest absolute Gasteiger partial charge is 0.326 e. The largest absolute Gasteiger partial charge is 0.465 e. The lowest BCUT2D eigenvalue weighted by Gasteiger charge is -2.05. The van der Waals surface area contributed by atoms with Crippen molar-refractivity contribution >= 4 is 54.8 Å². The number of carbonyl (C=O) groups excluding carboxylic acids is 2. The SMILES string of the molecule is CCOC(=O)Cn1c(=NC(=O)c2cc([N+](=O)[O-])cc([N+](=O)[O-])c2)sc2cc(S(N)(=O)=O)ccc21. The zero-order valence-corrected chi connectivity index (χ0v) is 18.9. The normalized spacial score (nSPS) is 12.0. The summed E-state index contributed by atoms with van der Waals surface area (Å²) in [6.45, 7) is 1.29. The number of nitro groups is 2. The fourth-order valence-electron chi connectivity index (χ4n) is 2.89. The van der Waals surface area contributed by atoms with E-state index in [0.29, 0.717) is 16.3 Å². The Balaban J connectivity index is 2.21. The molecule has 1 amide bonds. The van der Waals surface area contributed by atoms with E-state index in [1.54, 1.807) is 6.92 Å². The summed E-state index contributed by atoms with van der Waals surface area (Å²) in [5.41, 5.74) is -1.45. The van der Waals surface area contributed by atoms with Crippen molar-refractivity contribution in [1.82, 2.24) is 4.57 Å². The van der Waals surface area contributed by atoms with E-state index in [9.17, 15) is 38.2 Å². The number of benzene rings is 2. The molecule has 0 unspecified atom stereocenters. The second kappa shape index (κ2) is 9.46. The minimum Gasteiger partial charge on any atom is -0.465 e. The number of sulfonamides is 1. The number of thiazole rings is 1. The zero-order valence-electron chi connectivity index (χ0n) is 17.2. The molecule has 0 spiro atoms. The number of ether oxygens (including phenoxy) is 1. The van der Waals surface area contributed by atoms with Gasteiger partial charge in [-0.15, -0.1) is 0 Å². The van der Waals surface area contributed by atoms with Gasteiger partial charge in [-0.05, 0) is 25.1 Å². The molecule has 1 heterocycles. The molecule has 0 radical (unpaired) electrons.